The van der Waals surface area contributed by atoms with Crippen molar-refractivity contribution in [1.29, 1.82) is 0 Å². The quantitative estimate of drug-likeness (QED) is 0.875. The molecule has 3 rings (SSSR count). The summed E-state index contributed by atoms with van der Waals surface area (Å²) >= 11 is 0. The summed E-state index contributed by atoms with van der Waals surface area (Å²) in [6.07, 6.45) is 1.38. The number of morpholine rings is 1. The zero-order valence-corrected chi connectivity index (χ0v) is 11.9. The van der Waals surface area contributed by atoms with Crippen LogP contribution in [0.2, 0.25) is 0 Å². The summed E-state index contributed by atoms with van der Waals surface area (Å²) in [5.74, 6) is -2.05. The lowest BCUT2D eigenvalue weighted by atomic mass is 10.2. The van der Waals surface area contributed by atoms with E-state index < -0.39 is 17.9 Å². The molecule has 1 atom stereocenters. The van der Waals surface area contributed by atoms with Crippen molar-refractivity contribution in [2.75, 3.05) is 19.8 Å². The predicted octanol–water partition coefficient (Wildman–Crippen LogP) is 0.332. The van der Waals surface area contributed by atoms with Crippen LogP contribution in [0, 0.1) is 5.82 Å². The third-order valence-corrected chi connectivity index (χ3v) is 3.48. The Bertz CT molecular complexity index is 731. The van der Waals surface area contributed by atoms with Crippen LogP contribution in [0.15, 0.2) is 30.5 Å². The van der Waals surface area contributed by atoms with Gasteiger partial charge in [-0.2, -0.15) is 0 Å². The Morgan fingerprint density at radius 2 is 2.04 bits per heavy atom. The molecule has 0 radical (unpaired) electrons. The third-order valence-electron chi connectivity index (χ3n) is 3.48. The summed E-state index contributed by atoms with van der Waals surface area (Å²) in [5, 5.41) is 16.8. The maximum absolute atomic E-state index is 12.9. The Labute approximate surface area is 130 Å². The smallest absolute Gasteiger partial charge is 0.328 e. The molecule has 1 N–H and O–H groups in total. The van der Waals surface area contributed by atoms with Crippen LogP contribution in [-0.4, -0.2) is 62.7 Å². The molecule has 23 heavy (non-hydrogen) atoms. The van der Waals surface area contributed by atoms with Crippen molar-refractivity contribution in [1.82, 2.24) is 19.9 Å². The highest BCUT2D eigenvalue weighted by molar-refractivity contribution is 5.95. The molecule has 1 saturated heterocycles. The SMILES string of the molecule is O=C(O)C1COCCN1C(=O)c1cn(-c2ccc(F)cc2)nn1. The molecule has 0 saturated carbocycles. The number of nitrogens with zero attached hydrogens (tertiary/aromatic N) is 4. The lowest BCUT2D eigenvalue weighted by Crippen LogP contribution is -2.52. The van der Waals surface area contributed by atoms with E-state index in [1.807, 2.05) is 0 Å². The zero-order valence-electron chi connectivity index (χ0n) is 11.9. The molecule has 0 spiro atoms. The fourth-order valence-corrected chi connectivity index (χ4v) is 2.28. The minimum Gasteiger partial charge on any atom is -0.480 e. The van der Waals surface area contributed by atoms with E-state index in [0.29, 0.717) is 5.69 Å². The van der Waals surface area contributed by atoms with Gasteiger partial charge >= 0.3 is 5.97 Å². The number of hydrogen-bond acceptors (Lipinski definition) is 5. The van der Waals surface area contributed by atoms with Crippen molar-refractivity contribution in [3.05, 3.63) is 42.0 Å². The van der Waals surface area contributed by atoms with Crippen LogP contribution in [-0.2, 0) is 9.53 Å². The van der Waals surface area contributed by atoms with Gasteiger partial charge in [-0.1, -0.05) is 5.21 Å². The van der Waals surface area contributed by atoms with E-state index in [-0.39, 0.29) is 31.3 Å². The van der Waals surface area contributed by atoms with E-state index in [2.05, 4.69) is 10.3 Å². The van der Waals surface area contributed by atoms with Gasteiger partial charge in [0.2, 0.25) is 0 Å². The summed E-state index contributed by atoms with van der Waals surface area (Å²) < 4.78 is 19.3. The highest BCUT2D eigenvalue weighted by Gasteiger charge is 2.34. The normalized spacial score (nSPS) is 18.0. The monoisotopic (exact) mass is 320 g/mol. The van der Waals surface area contributed by atoms with E-state index in [1.165, 1.54) is 40.0 Å². The van der Waals surface area contributed by atoms with Gasteiger partial charge < -0.3 is 14.7 Å². The van der Waals surface area contributed by atoms with Gasteiger partial charge in [0.15, 0.2) is 11.7 Å². The summed E-state index contributed by atoms with van der Waals surface area (Å²) in [5.41, 5.74) is 0.553. The van der Waals surface area contributed by atoms with Crippen LogP contribution >= 0.6 is 0 Å². The highest BCUT2D eigenvalue weighted by Crippen LogP contribution is 2.13. The molecular formula is C14H13FN4O4. The van der Waals surface area contributed by atoms with Crippen molar-refractivity contribution in [3.63, 3.8) is 0 Å². The summed E-state index contributed by atoms with van der Waals surface area (Å²) in [6.45, 7) is 0.369. The lowest BCUT2D eigenvalue weighted by molar-refractivity contribution is -0.147. The molecule has 1 aromatic carbocycles. The highest BCUT2D eigenvalue weighted by atomic mass is 19.1. The number of rotatable bonds is 3. The van der Waals surface area contributed by atoms with E-state index >= 15 is 0 Å². The van der Waals surface area contributed by atoms with Crippen LogP contribution in [0.5, 0.6) is 0 Å². The van der Waals surface area contributed by atoms with Gasteiger partial charge in [-0.05, 0) is 24.3 Å². The Hall–Kier alpha value is -2.81. The van der Waals surface area contributed by atoms with Crippen molar-refractivity contribution < 1.29 is 23.8 Å². The fourth-order valence-electron chi connectivity index (χ4n) is 2.28. The number of carboxylic acids is 1. The first-order valence-electron chi connectivity index (χ1n) is 6.86. The summed E-state index contributed by atoms with van der Waals surface area (Å²) in [4.78, 5) is 24.9. The maximum Gasteiger partial charge on any atom is 0.328 e. The molecule has 9 heteroatoms. The van der Waals surface area contributed by atoms with Crippen molar-refractivity contribution in [2.24, 2.45) is 0 Å². The molecule has 1 unspecified atom stereocenters. The number of hydrogen-bond donors (Lipinski definition) is 1. The molecule has 2 aromatic rings. The van der Waals surface area contributed by atoms with Gasteiger partial charge in [0.25, 0.3) is 5.91 Å². The topological polar surface area (TPSA) is 97.6 Å². The Morgan fingerprint density at radius 1 is 1.30 bits per heavy atom. The van der Waals surface area contributed by atoms with E-state index in [4.69, 9.17) is 9.84 Å². The number of ether oxygens (including phenoxy) is 1. The number of aliphatic carboxylic acids is 1. The largest absolute Gasteiger partial charge is 0.480 e. The molecule has 0 aliphatic carbocycles. The Balaban J connectivity index is 1.83. The molecule has 8 nitrogen and oxygen atoms in total. The van der Waals surface area contributed by atoms with Gasteiger partial charge in [0.1, 0.15) is 5.82 Å². The molecule has 0 bridgehead atoms. The van der Waals surface area contributed by atoms with Gasteiger partial charge in [0.05, 0.1) is 25.1 Å². The predicted molar refractivity (Wildman–Crippen MR) is 74.6 cm³/mol. The molecule has 1 amide bonds. The van der Waals surface area contributed by atoms with E-state index in [1.54, 1.807) is 0 Å². The molecule has 1 aliphatic rings. The summed E-state index contributed by atoms with van der Waals surface area (Å²) in [7, 11) is 0. The molecular weight excluding hydrogens is 307 g/mol. The minimum absolute atomic E-state index is 0.0162. The van der Waals surface area contributed by atoms with Crippen molar-refractivity contribution in [3.8, 4) is 5.69 Å². The van der Waals surface area contributed by atoms with Crippen molar-refractivity contribution >= 4 is 11.9 Å². The molecule has 1 aliphatic heterocycles. The first-order valence-corrected chi connectivity index (χ1v) is 6.86. The summed E-state index contributed by atoms with van der Waals surface area (Å²) in [6, 6.07) is 4.47. The first-order chi connectivity index (χ1) is 11.1. The number of carbonyl (C=O) groups excluding carboxylic acids is 1. The standard InChI is InChI=1S/C14H13FN4O4/c15-9-1-3-10(4-2-9)19-7-11(16-17-19)13(20)18-5-6-23-8-12(18)14(21)22/h1-4,7,12H,5-6,8H2,(H,21,22). The van der Waals surface area contributed by atoms with Gasteiger partial charge in [0, 0.05) is 6.54 Å². The van der Waals surface area contributed by atoms with Gasteiger partial charge in [-0.3, -0.25) is 4.79 Å². The van der Waals surface area contributed by atoms with Crippen LogP contribution in [0.25, 0.3) is 5.69 Å². The average Bonchev–Trinajstić information content (AvgIpc) is 3.04. The fraction of sp³-hybridized carbons (Fsp3) is 0.286. The first kappa shape index (κ1) is 15.1. The van der Waals surface area contributed by atoms with Crippen LogP contribution in [0.3, 0.4) is 0 Å². The second kappa shape index (κ2) is 6.13. The number of aromatic nitrogens is 3. The van der Waals surface area contributed by atoms with Gasteiger partial charge in [-0.25, -0.2) is 13.9 Å². The molecule has 2 heterocycles. The van der Waals surface area contributed by atoms with Crippen LogP contribution in [0.1, 0.15) is 10.5 Å². The average molecular weight is 320 g/mol. The Morgan fingerprint density at radius 3 is 2.74 bits per heavy atom. The molecule has 120 valence electrons. The minimum atomic E-state index is -1.14. The number of carbonyl (C=O) groups is 2. The van der Waals surface area contributed by atoms with Crippen LogP contribution < -0.4 is 0 Å². The third kappa shape index (κ3) is 3.04. The molecule has 1 fully saturated rings. The van der Waals surface area contributed by atoms with E-state index in [9.17, 15) is 14.0 Å². The van der Waals surface area contributed by atoms with Crippen LogP contribution in [0.4, 0.5) is 4.39 Å². The number of benzene rings is 1. The number of halogens is 1. The second-order valence-corrected chi connectivity index (χ2v) is 4.95. The zero-order chi connectivity index (χ0) is 16.4. The lowest BCUT2D eigenvalue weighted by Gasteiger charge is -2.32. The number of carboxylic acid groups (broad SMARTS) is 1. The van der Waals surface area contributed by atoms with Gasteiger partial charge in [-0.15, -0.1) is 5.10 Å². The second-order valence-electron chi connectivity index (χ2n) is 4.95. The maximum atomic E-state index is 12.9. The van der Waals surface area contributed by atoms with E-state index in [0.717, 1.165) is 0 Å². The molecule has 1 aromatic heterocycles. The Kier molecular flexibility index (Phi) is 4.02. The number of amides is 1. The van der Waals surface area contributed by atoms with Crippen molar-refractivity contribution in [2.45, 2.75) is 6.04 Å².